The standard InChI is InChI=1S/C19H18ClN3O3/c1-10-5-6-14(20)9-16(10)23-11(2)7-13(12(23)3)8-15-17(24)21-19(26)22(4)18(15)25/h5-9H,1-4H3,(H,21,24,26)/b15-8-. The van der Waals surface area contributed by atoms with E-state index >= 15 is 0 Å². The van der Waals surface area contributed by atoms with Gasteiger partial charge in [-0.05, 0) is 56.2 Å². The lowest BCUT2D eigenvalue weighted by Crippen LogP contribution is -2.52. The molecule has 7 heteroatoms. The number of imide groups is 2. The van der Waals surface area contributed by atoms with Crippen LogP contribution >= 0.6 is 11.6 Å². The van der Waals surface area contributed by atoms with Crippen LogP contribution in [-0.4, -0.2) is 34.4 Å². The number of amides is 4. The van der Waals surface area contributed by atoms with Crippen LogP contribution in [-0.2, 0) is 9.59 Å². The van der Waals surface area contributed by atoms with Crippen LogP contribution in [0.5, 0.6) is 0 Å². The summed E-state index contributed by atoms with van der Waals surface area (Å²) in [5, 5.41) is 2.78. The first-order chi connectivity index (χ1) is 12.2. The highest BCUT2D eigenvalue weighted by molar-refractivity contribution is 6.31. The van der Waals surface area contributed by atoms with Crippen LogP contribution in [0, 0.1) is 20.8 Å². The van der Waals surface area contributed by atoms with Crippen molar-refractivity contribution in [3.8, 4) is 5.69 Å². The summed E-state index contributed by atoms with van der Waals surface area (Å²) in [4.78, 5) is 36.7. The summed E-state index contributed by atoms with van der Waals surface area (Å²) >= 11 is 6.14. The molecular formula is C19H18ClN3O3. The van der Waals surface area contributed by atoms with E-state index in [1.165, 1.54) is 13.1 Å². The molecule has 1 N–H and O–H groups in total. The SMILES string of the molecule is Cc1ccc(Cl)cc1-n1c(C)cc(/C=C2/C(=O)NC(=O)N(C)C2=O)c1C. The Morgan fingerprint density at radius 2 is 1.77 bits per heavy atom. The predicted molar refractivity (Wildman–Crippen MR) is 99.3 cm³/mol. The van der Waals surface area contributed by atoms with E-state index in [9.17, 15) is 14.4 Å². The summed E-state index contributed by atoms with van der Waals surface area (Å²) in [6.07, 6.45) is 1.51. The number of aromatic nitrogens is 1. The molecule has 1 aliphatic rings. The molecule has 0 saturated carbocycles. The number of aryl methyl sites for hydroxylation is 2. The lowest BCUT2D eigenvalue weighted by molar-refractivity contribution is -0.129. The quantitative estimate of drug-likeness (QED) is 0.651. The van der Waals surface area contributed by atoms with Crippen molar-refractivity contribution in [2.75, 3.05) is 7.05 Å². The van der Waals surface area contributed by atoms with Crippen molar-refractivity contribution in [2.24, 2.45) is 0 Å². The number of likely N-dealkylation sites (N-methyl/N-ethyl adjacent to an activating group) is 1. The number of hydrogen-bond donors (Lipinski definition) is 1. The van der Waals surface area contributed by atoms with Gasteiger partial charge in [0.15, 0.2) is 0 Å². The first kappa shape index (κ1) is 17.9. The molecule has 26 heavy (non-hydrogen) atoms. The minimum absolute atomic E-state index is 0.0739. The molecule has 134 valence electrons. The molecule has 1 aliphatic heterocycles. The molecule has 4 amide bonds. The summed E-state index contributed by atoms with van der Waals surface area (Å²) in [5.74, 6) is -1.32. The Labute approximate surface area is 156 Å². The fourth-order valence-electron chi connectivity index (χ4n) is 3.03. The molecule has 0 unspecified atom stereocenters. The maximum atomic E-state index is 12.3. The zero-order valence-corrected chi connectivity index (χ0v) is 15.6. The summed E-state index contributed by atoms with van der Waals surface area (Å²) in [7, 11) is 1.33. The number of rotatable bonds is 2. The number of hydrogen-bond acceptors (Lipinski definition) is 3. The number of benzene rings is 1. The highest BCUT2D eigenvalue weighted by Gasteiger charge is 2.33. The molecule has 1 saturated heterocycles. The van der Waals surface area contributed by atoms with Crippen molar-refractivity contribution >= 4 is 35.5 Å². The van der Waals surface area contributed by atoms with E-state index in [-0.39, 0.29) is 5.57 Å². The number of halogens is 1. The van der Waals surface area contributed by atoms with Crippen LogP contribution in [0.4, 0.5) is 4.79 Å². The lowest BCUT2D eigenvalue weighted by Gasteiger charge is -2.22. The maximum absolute atomic E-state index is 12.3. The highest BCUT2D eigenvalue weighted by atomic mass is 35.5. The average Bonchev–Trinajstić information content (AvgIpc) is 2.85. The van der Waals surface area contributed by atoms with Crippen LogP contribution in [0.2, 0.25) is 5.02 Å². The molecule has 1 fully saturated rings. The molecular weight excluding hydrogens is 354 g/mol. The van der Waals surface area contributed by atoms with E-state index in [1.807, 2.05) is 49.6 Å². The third-order valence-electron chi connectivity index (χ3n) is 4.49. The van der Waals surface area contributed by atoms with Crippen molar-refractivity contribution in [3.05, 3.63) is 57.4 Å². The second-order valence-corrected chi connectivity index (χ2v) is 6.71. The van der Waals surface area contributed by atoms with E-state index < -0.39 is 17.8 Å². The second-order valence-electron chi connectivity index (χ2n) is 6.27. The van der Waals surface area contributed by atoms with Crippen molar-refractivity contribution in [2.45, 2.75) is 20.8 Å². The number of barbiturate groups is 1. The maximum Gasteiger partial charge on any atom is 0.331 e. The fraction of sp³-hybridized carbons (Fsp3) is 0.211. The van der Waals surface area contributed by atoms with Gasteiger partial charge < -0.3 is 4.57 Å². The van der Waals surface area contributed by atoms with Crippen molar-refractivity contribution < 1.29 is 14.4 Å². The molecule has 0 spiro atoms. The van der Waals surface area contributed by atoms with Crippen LogP contribution in [0.25, 0.3) is 11.8 Å². The summed E-state index contributed by atoms with van der Waals surface area (Å²) in [5.41, 5.74) is 4.43. The lowest BCUT2D eigenvalue weighted by atomic mass is 10.1. The second kappa shape index (κ2) is 6.46. The zero-order valence-electron chi connectivity index (χ0n) is 14.9. The molecule has 6 nitrogen and oxygen atoms in total. The van der Waals surface area contributed by atoms with Crippen molar-refractivity contribution in [1.82, 2.24) is 14.8 Å². The third-order valence-corrected chi connectivity index (χ3v) is 4.72. The Hall–Kier alpha value is -2.86. The number of nitrogens with zero attached hydrogens (tertiary/aromatic N) is 2. The van der Waals surface area contributed by atoms with Crippen LogP contribution < -0.4 is 5.32 Å². The monoisotopic (exact) mass is 371 g/mol. The largest absolute Gasteiger partial charge is 0.331 e. The Kier molecular flexibility index (Phi) is 4.46. The Bertz CT molecular complexity index is 988. The Morgan fingerprint density at radius 1 is 1.08 bits per heavy atom. The molecule has 1 aromatic carbocycles. The molecule has 2 heterocycles. The predicted octanol–water partition coefficient (Wildman–Crippen LogP) is 3.15. The van der Waals surface area contributed by atoms with E-state index in [0.717, 1.165) is 33.1 Å². The van der Waals surface area contributed by atoms with E-state index in [1.54, 1.807) is 0 Å². The Balaban J connectivity index is 2.12. The minimum Gasteiger partial charge on any atom is -0.318 e. The highest BCUT2D eigenvalue weighted by Crippen LogP contribution is 2.27. The van der Waals surface area contributed by atoms with Gasteiger partial charge in [-0.25, -0.2) is 4.79 Å². The van der Waals surface area contributed by atoms with Gasteiger partial charge in [-0.15, -0.1) is 0 Å². The molecule has 0 bridgehead atoms. The first-order valence-electron chi connectivity index (χ1n) is 8.01. The van der Waals surface area contributed by atoms with E-state index in [4.69, 9.17) is 11.6 Å². The number of nitrogens with one attached hydrogen (secondary N) is 1. The smallest absolute Gasteiger partial charge is 0.318 e. The van der Waals surface area contributed by atoms with Crippen LogP contribution in [0.15, 0.2) is 29.8 Å². The van der Waals surface area contributed by atoms with Gasteiger partial charge in [-0.1, -0.05) is 17.7 Å². The number of carbonyl (C=O) groups excluding carboxylic acids is 3. The summed E-state index contributed by atoms with van der Waals surface area (Å²) in [6, 6.07) is 6.80. The van der Waals surface area contributed by atoms with Gasteiger partial charge in [0.25, 0.3) is 11.8 Å². The summed E-state index contributed by atoms with van der Waals surface area (Å²) < 4.78 is 2.02. The average molecular weight is 372 g/mol. The molecule has 0 atom stereocenters. The molecule has 0 aliphatic carbocycles. The van der Waals surface area contributed by atoms with Gasteiger partial charge in [-0.2, -0.15) is 0 Å². The first-order valence-corrected chi connectivity index (χ1v) is 8.39. The molecule has 1 aromatic heterocycles. The minimum atomic E-state index is -0.725. The molecule has 2 aromatic rings. The van der Waals surface area contributed by atoms with Gasteiger partial charge in [-0.3, -0.25) is 19.8 Å². The zero-order chi connectivity index (χ0) is 19.2. The normalized spacial score (nSPS) is 16.4. The van der Waals surface area contributed by atoms with Crippen molar-refractivity contribution in [1.29, 1.82) is 0 Å². The van der Waals surface area contributed by atoms with Gasteiger partial charge in [0.05, 0.1) is 0 Å². The fourth-order valence-corrected chi connectivity index (χ4v) is 3.20. The van der Waals surface area contributed by atoms with Gasteiger partial charge in [0, 0.05) is 29.1 Å². The van der Waals surface area contributed by atoms with E-state index in [2.05, 4.69) is 5.32 Å². The molecule has 3 rings (SSSR count). The summed E-state index contributed by atoms with van der Waals surface area (Å²) in [6.45, 7) is 5.83. The van der Waals surface area contributed by atoms with Gasteiger partial charge in [0.2, 0.25) is 0 Å². The van der Waals surface area contributed by atoms with Crippen molar-refractivity contribution in [3.63, 3.8) is 0 Å². The van der Waals surface area contributed by atoms with E-state index in [0.29, 0.717) is 5.02 Å². The van der Waals surface area contributed by atoms with Crippen LogP contribution in [0.3, 0.4) is 0 Å². The number of urea groups is 1. The molecule has 0 radical (unpaired) electrons. The van der Waals surface area contributed by atoms with Gasteiger partial charge >= 0.3 is 6.03 Å². The number of carbonyl (C=O) groups is 3. The topological polar surface area (TPSA) is 71.4 Å². The third kappa shape index (κ3) is 2.93. The van der Waals surface area contributed by atoms with Crippen LogP contribution in [0.1, 0.15) is 22.5 Å². The van der Waals surface area contributed by atoms with Gasteiger partial charge in [0.1, 0.15) is 5.57 Å². The Morgan fingerprint density at radius 3 is 2.46 bits per heavy atom.